The molecule has 2 aliphatic heterocycles. The van der Waals surface area contributed by atoms with Gasteiger partial charge in [-0.1, -0.05) is 0 Å². The molecule has 32 heavy (non-hydrogen) atoms. The Morgan fingerprint density at radius 2 is 2.00 bits per heavy atom. The highest BCUT2D eigenvalue weighted by molar-refractivity contribution is 5.92. The van der Waals surface area contributed by atoms with Crippen molar-refractivity contribution in [2.75, 3.05) is 17.2 Å². The van der Waals surface area contributed by atoms with Gasteiger partial charge in [0.1, 0.15) is 11.6 Å². The Hall–Kier alpha value is -3.38. The first kappa shape index (κ1) is 20.5. The molecule has 2 aliphatic rings. The summed E-state index contributed by atoms with van der Waals surface area (Å²) in [7, 11) is 1.78. The number of rotatable bonds is 6. The number of aromatic nitrogens is 4. The second-order valence-corrected chi connectivity index (χ2v) is 8.92. The van der Waals surface area contributed by atoms with Gasteiger partial charge in [0.05, 0.1) is 11.6 Å². The number of piperidine rings is 1. The molecule has 0 spiro atoms. The summed E-state index contributed by atoms with van der Waals surface area (Å²) in [5.41, 5.74) is 1.72. The van der Waals surface area contributed by atoms with Crippen LogP contribution in [-0.2, 0) is 7.05 Å². The van der Waals surface area contributed by atoms with Crippen LogP contribution in [-0.4, -0.2) is 49.3 Å². The zero-order valence-corrected chi connectivity index (χ0v) is 18.4. The fourth-order valence-electron chi connectivity index (χ4n) is 5.29. The third kappa shape index (κ3) is 3.82. The molecule has 3 N–H and O–H groups in total. The van der Waals surface area contributed by atoms with E-state index in [1.807, 2.05) is 25.1 Å². The summed E-state index contributed by atoms with van der Waals surface area (Å²) in [6.07, 6.45) is 5.04. The van der Waals surface area contributed by atoms with Crippen LogP contribution in [0.1, 0.15) is 37.8 Å². The zero-order chi connectivity index (χ0) is 22.2. The summed E-state index contributed by atoms with van der Waals surface area (Å²) < 4.78 is 1.65. The maximum atomic E-state index is 12.3. The van der Waals surface area contributed by atoms with Gasteiger partial charge in [-0.25, -0.2) is 4.98 Å². The fourth-order valence-corrected chi connectivity index (χ4v) is 5.29. The lowest BCUT2D eigenvalue weighted by Gasteiger charge is -2.39. The summed E-state index contributed by atoms with van der Waals surface area (Å²) >= 11 is 0. The molecular weight excluding hydrogens is 404 g/mol. The van der Waals surface area contributed by atoms with Crippen molar-refractivity contribution in [1.82, 2.24) is 24.6 Å². The van der Waals surface area contributed by atoms with E-state index in [1.54, 1.807) is 17.7 Å². The van der Waals surface area contributed by atoms with Gasteiger partial charge in [0.15, 0.2) is 5.82 Å². The van der Waals surface area contributed by atoms with Gasteiger partial charge in [-0.2, -0.15) is 10.4 Å². The lowest BCUT2D eigenvalue weighted by Crippen LogP contribution is -2.47. The number of hydrogen-bond acceptors (Lipinski definition) is 7. The number of H-pyrrole nitrogens is 1. The van der Waals surface area contributed by atoms with E-state index in [0.717, 1.165) is 41.8 Å². The highest BCUT2D eigenvalue weighted by atomic mass is 16.1. The molecule has 3 aromatic rings. The Morgan fingerprint density at radius 3 is 2.69 bits per heavy atom. The van der Waals surface area contributed by atoms with Crippen molar-refractivity contribution in [3.63, 3.8) is 0 Å². The lowest BCUT2D eigenvalue weighted by atomic mass is 9.97. The Labute approximate surface area is 186 Å². The molecular formula is C23H28N8O. The number of aromatic amines is 1. The second kappa shape index (κ2) is 8.28. The molecule has 0 aliphatic carbocycles. The van der Waals surface area contributed by atoms with E-state index >= 15 is 0 Å². The molecule has 166 valence electrons. The van der Waals surface area contributed by atoms with Gasteiger partial charge in [-0.15, -0.1) is 0 Å². The molecule has 5 rings (SSSR count). The molecule has 2 bridgehead atoms. The number of fused-ring (bicyclic) bond motifs is 3. The Balaban J connectivity index is 1.45. The van der Waals surface area contributed by atoms with Crippen LogP contribution in [0.15, 0.2) is 29.1 Å². The summed E-state index contributed by atoms with van der Waals surface area (Å²) in [4.78, 5) is 19.7. The molecule has 0 aromatic carbocycles. The van der Waals surface area contributed by atoms with Crippen LogP contribution in [0.5, 0.6) is 0 Å². The smallest absolute Gasteiger partial charge is 0.250 e. The second-order valence-electron chi connectivity index (χ2n) is 8.92. The first-order chi connectivity index (χ1) is 15.5. The molecule has 9 nitrogen and oxygen atoms in total. The Morgan fingerprint density at radius 1 is 1.22 bits per heavy atom. The molecule has 3 atom stereocenters. The van der Waals surface area contributed by atoms with Crippen LogP contribution < -0.4 is 16.2 Å². The van der Waals surface area contributed by atoms with Crippen molar-refractivity contribution in [2.45, 2.75) is 57.2 Å². The SMILES string of the molecule is Cc1cc(Nc2cc3c(ccc(=O)n3C)c(N[C@@H]3C[C@H]4CC[C@@H](C3)N4CCC#N)n2)n[nH]1. The van der Waals surface area contributed by atoms with E-state index in [-0.39, 0.29) is 5.56 Å². The van der Waals surface area contributed by atoms with Crippen LogP contribution in [0.25, 0.3) is 10.9 Å². The fraction of sp³-hybridized carbons (Fsp3) is 0.478. The van der Waals surface area contributed by atoms with Crippen LogP contribution in [0, 0.1) is 18.3 Å². The highest BCUT2D eigenvalue weighted by Crippen LogP contribution is 2.37. The van der Waals surface area contributed by atoms with Gasteiger partial charge in [0.25, 0.3) is 5.56 Å². The monoisotopic (exact) mass is 432 g/mol. The quantitative estimate of drug-likeness (QED) is 0.548. The molecule has 0 unspecified atom stereocenters. The van der Waals surface area contributed by atoms with Gasteiger partial charge < -0.3 is 15.2 Å². The largest absolute Gasteiger partial charge is 0.367 e. The number of hydrogen-bond donors (Lipinski definition) is 3. The molecule has 0 saturated carbocycles. The minimum atomic E-state index is -0.0555. The van der Waals surface area contributed by atoms with E-state index < -0.39 is 0 Å². The standard InChI is InChI=1S/C23H28N8O/c1-14-10-21(29-28-14)26-20-13-19-18(6-7-22(32)30(19)2)23(27-20)25-15-11-16-4-5-17(12-15)31(16)9-3-8-24/h6-7,10,13,15-17H,3-5,9,11-12H2,1-2H3,(H3,25,26,27,28,29)/t15-,16-,17+. The topological polar surface area (TPSA) is 115 Å². The number of nitriles is 1. The lowest BCUT2D eigenvalue weighted by molar-refractivity contribution is 0.136. The van der Waals surface area contributed by atoms with Gasteiger partial charge in [0, 0.05) is 67.4 Å². The molecule has 3 aromatic heterocycles. The van der Waals surface area contributed by atoms with Crippen molar-refractivity contribution in [1.29, 1.82) is 5.26 Å². The number of anilines is 3. The van der Waals surface area contributed by atoms with E-state index in [9.17, 15) is 4.79 Å². The predicted octanol–water partition coefficient (Wildman–Crippen LogP) is 3.03. The third-order valence-electron chi connectivity index (χ3n) is 6.79. The predicted molar refractivity (Wildman–Crippen MR) is 124 cm³/mol. The molecule has 0 radical (unpaired) electrons. The maximum absolute atomic E-state index is 12.3. The number of nitrogens with one attached hydrogen (secondary N) is 3. The Bertz CT molecular complexity index is 1230. The van der Waals surface area contributed by atoms with Gasteiger partial charge in [-0.05, 0) is 38.7 Å². The first-order valence-corrected chi connectivity index (χ1v) is 11.2. The normalized spacial score (nSPS) is 22.7. The van der Waals surface area contributed by atoms with Crippen molar-refractivity contribution >= 4 is 28.4 Å². The average Bonchev–Trinajstić information content (AvgIpc) is 3.28. The van der Waals surface area contributed by atoms with Crippen molar-refractivity contribution in [3.8, 4) is 6.07 Å². The highest BCUT2D eigenvalue weighted by Gasteiger charge is 2.40. The first-order valence-electron chi connectivity index (χ1n) is 11.2. The van der Waals surface area contributed by atoms with Crippen molar-refractivity contribution < 1.29 is 0 Å². The number of aryl methyl sites for hydroxylation is 2. The van der Waals surface area contributed by atoms with Crippen molar-refractivity contribution in [2.24, 2.45) is 7.05 Å². The molecule has 9 heteroatoms. The summed E-state index contributed by atoms with van der Waals surface area (Å²) in [6.45, 7) is 2.81. The zero-order valence-electron chi connectivity index (χ0n) is 18.4. The Kier molecular flexibility index (Phi) is 5.31. The van der Waals surface area contributed by atoms with Crippen LogP contribution in [0.2, 0.25) is 0 Å². The van der Waals surface area contributed by atoms with E-state index in [2.05, 4.69) is 31.8 Å². The molecule has 2 fully saturated rings. The van der Waals surface area contributed by atoms with Gasteiger partial charge in [0.2, 0.25) is 0 Å². The number of pyridine rings is 2. The summed E-state index contributed by atoms with van der Waals surface area (Å²) in [6, 6.07) is 10.9. The van der Waals surface area contributed by atoms with E-state index in [4.69, 9.17) is 10.2 Å². The van der Waals surface area contributed by atoms with Gasteiger partial charge in [-0.3, -0.25) is 14.8 Å². The van der Waals surface area contributed by atoms with Crippen LogP contribution >= 0.6 is 0 Å². The minimum Gasteiger partial charge on any atom is -0.367 e. The van der Waals surface area contributed by atoms with E-state index in [0.29, 0.717) is 36.2 Å². The van der Waals surface area contributed by atoms with Crippen LogP contribution in [0.4, 0.5) is 17.5 Å². The minimum absolute atomic E-state index is 0.0555. The van der Waals surface area contributed by atoms with E-state index in [1.165, 1.54) is 12.8 Å². The van der Waals surface area contributed by atoms with Crippen LogP contribution in [0.3, 0.4) is 0 Å². The molecule has 5 heterocycles. The third-order valence-corrected chi connectivity index (χ3v) is 6.79. The summed E-state index contributed by atoms with van der Waals surface area (Å²) in [5, 5.41) is 24.0. The van der Waals surface area contributed by atoms with Gasteiger partial charge >= 0.3 is 0 Å². The average molecular weight is 433 g/mol. The molecule has 0 amide bonds. The summed E-state index contributed by atoms with van der Waals surface area (Å²) in [5.74, 6) is 2.11. The van der Waals surface area contributed by atoms with Crippen molar-refractivity contribution in [3.05, 3.63) is 40.3 Å². The molecule has 2 saturated heterocycles. The maximum Gasteiger partial charge on any atom is 0.250 e. The number of nitrogens with zero attached hydrogens (tertiary/aromatic N) is 5.